The topological polar surface area (TPSA) is 40.5 Å². The second-order valence-corrected chi connectivity index (χ2v) is 1.82. The van der Waals surface area contributed by atoms with Gasteiger partial charge in [0, 0.05) is 34.4 Å². The summed E-state index contributed by atoms with van der Waals surface area (Å²) in [5, 5.41) is 15.9. The van der Waals surface area contributed by atoms with Crippen molar-refractivity contribution in [3.8, 4) is 0 Å². The van der Waals surface area contributed by atoms with E-state index >= 15 is 0 Å². The van der Waals surface area contributed by atoms with Crippen LogP contribution in [0.3, 0.4) is 0 Å². The molecule has 0 bridgehead atoms. The van der Waals surface area contributed by atoms with Gasteiger partial charge in [-0.3, -0.25) is 0 Å². The van der Waals surface area contributed by atoms with E-state index in [1.165, 1.54) is 0 Å². The molecule has 0 heterocycles. The first-order chi connectivity index (χ1) is 3.65. The van der Waals surface area contributed by atoms with Crippen molar-refractivity contribution >= 4 is 0 Å². The first-order valence-corrected chi connectivity index (χ1v) is 2.94. The van der Waals surface area contributed by atoms with Gasteiger partial charge in [0.1, 0.15) is 0 Å². The van der Waals surface area contributed by atoms with E-state index in [0.717, 1.165) is 6.42 Å². The van der Waals surface area contributed by atoms with Crippen molar-refractivity contribution in [2.24, 2.45) is 0 Å². The quantitative estimate of drug-likeness (QED) is 0.568. The summed E-state index contributed by atoms with van der Waals surface area (Å²) in [6, 6.07) is 0. The van der Waals surface area contributed by atoms with E-state index in [2.05, 4.69) is 0 Å². The fraction of sp³-hybridized carbons (Fsp3) is 1.00. The summed E-state index contributed by atoms with van der Waals surface area (Å²) in [6.45, 7) is 5.69. The second kappa shape index (κ2) is 15.9. The van der Waals surface area contributed by atoms with Crippen LogP contribution >= 0.6 is 0 Å². The standard InChI is InChI=1S/2C3H8O.Ti/c1-3(2)4;1-2-3-4;/h3-4H,1-2H3;4H,2-3H2,1H3;. The van der Waals surface area contributed by atoms with Gasteiger partial charge in [0.2, 0.25) is 0 Å². The van der Waals surface area contributed by atoms with Gasteiger partial charge in [0.05, 0.1) is 0 Å². The van der Waals surface area contributed by atoms with E-state index in [4.69, 9.17) is 10.2 Å². The predicted molar refractivity (Wildman–Crippen MR) is 34.7 cm³/mol. The molecule has 0 aromatic heterocycles. The third-order valence-corrected chi connectivity index (χ3v) is 0.224. The van der Waals surface area contributed by atoms with Gasteiger partial charge in [-0.05, 0) is 20.3 Å². The predicted octanol–water partition coefficient (Wildman–Crippen LogP) is 0.773. The summed E-state index contributed by atoms with van der Waals surface area (Å²) in [5.41, 5.74) is 0. The van der Waals surface area contributed by atoms with E-state index in [1.54, 1.807) is 13.8 Å². The molecule has 9 heavy (non-hydrogen) atoms. The molecular formula is C6H16O2Ti. The molecule has 2 nitrogen and oxygen atoms in total. The zero-order valence-electron chi connectivity index (χ0n) is 6.39. The Kier molecular flexibility index (Phi) is 28.7. The molecular weight excluding hydrogens is 152 g/mol. The van der Waals surface area contributed by atoms with E-state index in [0.29, 0.717) is 6.61 Å². The zero-order chi connectivity index (χ0) is 6.99. The van der Waals surface area contributed by atoms with Crippen LogP contribution in [0.25, 0.3) is 0 Å². The molecule has 0 saturated heterocycles. The van der Waals surface area contributed by atoms with Crippen LogP contribution in [0.1, 0.15) is 27.2 Å². The van der Waals surface area contributed by atoms with Crippen LogP contribution in [0.4, 0.5) is 0 Å². The number of rotatable bonds is 1. The Labute approximate surface area is 72.2 Å². The van der Waals surface area contributed by atoms with Gasteiger partial charge >= 0.3 is 0 Å². The SMILES string of the molecule is CC(C)O.CCCO.[Ti]. The van der Waals surface area contributed by atoms with Crippen LogP contribution in [-0.4, -0.2) is 22.9 Å². The minimum atomic E-state index is -0.167. The molecule has 0 amide bonds. The normalized spacial score (nSPS) is 7.33. The van der Waals surface area contributed by atoms with E-state index in [1.807, 2.05) is 6.92 Å². The molecule has 0 aromatic rings. The number of hydrogen-bond donors (Lipinski definition) is 2. The first kappa shape index (κ1) is 16.3. The van der Waals surface area contributed by atoms with Crippen molar-refractivity contribution < 1.29 is 31.9 Å². The summed E-state index contributed by atoms with van der Waals surface area (Å²) in [7, 11) is 0. The average Bonchev–Trinajstić information content (AvgIpc) is 1.65. The maximum absolute atomic E-state index is 8.06. The molecule has 0 saturated carbocycles. The molecule has 2 N–H and O–H groups in total. The van der Waals surface area contributed by atoms with Crippen molar-refractivity contribution in [3.05, 3.63) is 0 Å². The van der Waals surface area contributed by atoms with Gasteiger partial charge < -0.3 is 10.2 Å². The van der Waals surface area contributed by atoms with Crippen molar-refractivity contribution in [1.82, 2.24) is 0 Å². The maximum atomic E-state index is 8.06. The third kappa shape index (κ3) is 142. The summed E-state index contributed by atoms with van der Waals surface area (Å²) in [6.07, 6.45) is 0.708. The third-order valence-electron chi connectivity index (χ3n) is 0.224. The minimum Gasteiger partial charge on any atom is -0.396 e. The first-order valence-electron chi connectivity index (χ1n) is 2.94. The molecule has 0 rings (SSSR count). The van der Waals surface area contributed by atoms with Gasteiger partial charge in [0.15, 0.2) is 0 Å². The fourth-order valence-corrected chi connectivity index (χ4v) is 0. The average molecular weight is 168 g/mol. The molecule has 0 aliphatic heterocycles. The monoisotopic (exact) mass is 168 g/mol. The Bertz CT molecular complexity index is 27.5. The Morgan fingerprint density at radius 2 is 1.44 bits per heavy atom. The molecule has 0 radical (unpaired) electrons. The van der Waals surface area contributed by atoms with Gasteiger partial charge in [-0.25, -0.2) is 0 Å². The molecule has 0 unspecified atom stereocenters. The molecule has 0 aromatic carbocycles. The maximum Gasteiger partial charge on any atom is 0.0483 e. The molecule has 0 aliphatic rings. The van der Waals surface area contributed by atoms with Crippen molar-refractivity contribution in [3.63, 3.8) is 0 Å². The molecule has 3 heteroatoms. The number of aliphatic hydroxyl groups is 2. The smallest absolute Gasteiger partial charge is 0.0483 e. The minimum absolute atomic E-state index is 0. The number of aliphatic hydroxyl groups excluding tert-OH is 2. The Morgan fingerprint density at radius 3 is 1.44 bits per heavy atom. The molecule has 0 aliphatic carbocycles. The van der Waals surface area contributed by atoms with Crippen LogP contribution in [0.2, 0.25) is 0 Å². The van der Waals surface area contributed by atoms with Crippen molar-refractivity contribution in [2.75, 3.05) is 6.61 Å². The second-order valence-electron chi connectivity index (χ2n) is 1.82. The summed E-state index contributed by atoms with van der Waals surface area (Å²) in [4.78, 5) is 0. The Balaban J connectivity index is -0.0000000720. The summed E-state index contributed by atoms with van der Waals surface area (Å²) in [5.74, 6) is 0. The van der Waals surface area contributed by atoms with Crippen LogP contribution in [-0.2, 0) is 21.7 Å². The van der Waals surface area contributed by atoms with Crippen molar-refractivity contribution in [2.45, 2.75) is 33.3 Å². The Hall–Kier alpha value is 0.634. The van der Waals surface area contributed by atoms with Crippen LogP contribution in [0.15, 0.2) is 0 Å². The molecule has 56 valence electrons. The molecule has 0 atom stereocenters. The van der Waals surface area contributed by atoms with Crippen LogP contribution < -0.4 is 0 Å². The van der Waals surface area contributed by atoms with Gasteiger partial charge in [-0.15, -0.1) is 0 Å². The fourth-order valence-electron chi connectivity index (χ4n) is 0. The van der Waals surface area contributed by atoms with E-state index in [9.17, 15) is 0 Å². The summed E-state index contributed by atoms with van der Waals surface area (Å²) >= 11 is 0. The van der Waals surface area contributed by atoms with Crippen LogP contribution in [0, 0.1) is 0 Å². The Morgan fingerprint density at radius 1 is 1.33 bits per heavy atom. The van der Waals surface area contributed by atoms with E-state index in [-0.39, 0.29) is 27.8 Å². The van der Waals surface area contributed by atoms with Gasteiger partial charge in [0.25, 0.3) is 0 Å². The zero-order valence-corrected chi connectivity index (χ0v) is 7.95. The van der Waals surface area contributed by atoms with Gasteiger partial charge in [-0.2, -0.15) is 0 Å². The number of hydrogen-bond acceptors (Lipinski definition) is 2. The van der Waals surface area contributed by atoms with E-state index < -0.39 is 0 Å². The largest absolute Gasteiger partial charge is 0.396 e. The molecule has 0 spiro atoms. The van der Waals surface area contributed by atoms with Crippen LogP contribution in [0.5, 0.6) is 0 Å². The van der Waals surface area contributed by atoms with Gasteiger partial charge in [-0.1, -0.05) is 6.92 Å². The summed E-state index contributed by atoms with van der Waals surface area (Å²) < 4.78 is 0. The van der Waals surface area contributed by atoms with Crippen molar-refractivity contribution in [1.29, 1.82) is 0 Å². The molecule has 0 fully saturated rings.